The molecule has 8 heteroatoms. The Bertz CT molecular complexity index is 364. The van der Waals surface area contributed by atoms with Crippen molar-refractivity contribution in [1.29, 1.82) is 0 Å². The molecule has 16 heavy (non-hydrogen) atoms. The highest BCUT2D eigenvalue weighted by atomic mass is 35.5. The highest BCUT2D eigenvalue weighted by molar-refractivity contribution is 7.15. The number of hydrogen-bond acceptors (Lipinski definition) is 4. The van der Waals surface area contributed by atoms with Crippen molar-refractivity contribution in [3.05, 3.63) is 9.47 Å². The van der Waals surface area contributed by atoms with Crippen molar-refractivity contribution >= 4 is 22.9 Å². The number of halogens is 4. The van der Waals surface area contributed by atoms with Crippen molar-refractivity contribution in [3.8, 4) is 0 Å². The first kappa shape index (κ1) is 12.1. The number of rotatable bonds is 4. The molecular weight excluding hydrogens is 263 g/mol. The lowest BCUT2D eigenvalue weighted by atomic mass is 10.4. The highest BCUT2D eigenvalue weighted by Crippen LogP contribution is 2.32. The summed E-state index contributed by atoms with van der Waals surface area (Å²) in [5.41, 5.74) is 0. The molecular formula is C8H9ClF3N3S. The summed E-state index contributed by atoms with van der Waals surface area (Å²) in [5.74, 6) is 0. The summed E-state index contributed by atoms with van der Waals surface area (Å²) in [6.45, 7) is -0.719. The van der Waals surface area contributed by atoms with Crippen LogP contribution >= 0.6 is 22.9 Å². The Labute approximate surface area is 99.2 Å². The molecule has 0 aliphatic heterocycles. The van der Waals surface area contributed by atoms with E-state index in [4.69, 9.17) is 11.6 Å². The van der Waals surface area contributed by atoms with Crippen molar-refractivity contribution in [2.45, 2.75) is 31.6 Å². The molecule has 1 saturated carbocycles. The molecule has 1 aromatic rings. The fourth-order valence-corrected chi connectivity index (χ4v) is 2.35. The molecule has 3 nitrogen and oxygen atoms in total. The van der Waals surface area contributed by atoms with Gasteiger partial charge in [-0.3, -0.25) is 4.90 Å². The van der Waals surface area contributed by atoms with Crippen LogP contribution in [0.5, 0.6) is 0 Å². The molecule has 1 fully saturated rings. The molecule has 1 aromatic heterocycles. The molecule has 0 spiro atoms. The van der Waals surface area contributed by atoms with Gasteiger partial charge in [0.2, 0.25) is 4.47 Å². The lowest BCUT2D eigenvalue weighted by Gasteiger charge is -2.21. The maximum absolute atomic E-state index is 12.3. The van der Waals surface area contributed by atoms with Gasteiger partial charge in [0.1, 0.15) is 5.01 Å². The maximum atomic E-state index is 12.3. The molecule has 0 N–H and O–H groups in total. The second kappa shape index (κ2) is 4.46. The maximum Gasteiger partial charge on any atom is 0.401 e. The Morgan fingerprint density at radius 3 is 2.50 bits per heavy atom. The zero-order valence-electron chi connectivity index (χ0n) is 8.17. The van der Waals surface area contributed by atoms with Crippen LogP contribution in [0.1, 0.15) is 17.8 Å². The van der Waals surface area contributed by atoms with Gasteiger partial charge in [-0.1, -0.05) is 11.3 Å². The largest absolute Gasteiger partial charge is 0.401 e. The molecule has 0 atom stereocenters. The van der Waals surface area contributed by atoms with E-state index < -0.39 is 12.7 Å². The summed E-state index contributed by atoms with van der Waals surface area (Å²) in [6.07, 6.45) is -2.53. The van der Waals surface area contributed by atoms with Crippen molar-refractivity contribution in [3.63, 3.8) is 0 Å². The van der Waals surface area contributed by atoms with Gasteiger partial charge >= 0.3 is 6.18 Å². The molecule has 90 valence electrons. The third kappa shape index (κ3) is 3.57. The van der Waals surface area contributed by atoms with Crippen molar-refractivity contribution in [2.24, 2.45) is 0 Å². The zero-order valence-corrected chi connectivity index (χ0v) is 9.74. The van der Waals surface area contributed by atoms with E-state index in [1.54, 1.807) is 0 Å². The third-order valence-corrected chi connectivity index (χ3v) is 3.23. The van der Waals surface area contributed by atoms with Crippen LogP contribution < -0.4 is 0 Å². The van der Waals surface area contributed by atoms with Gasteiger partial charge in [-0.25, -0.2) is 0 Å². The Morgan fingerprint density at radius 2 is 2.06 bits per heavy atom. The van der Waals surface area contributed by atoms with Crippen LogP contribution in [0.2, 0.25) is 4.47 Å². The molecule has 1 aliphatic carbocycles. The van der Waals surface area contributed by atoms with E-state index in [0.29, 0.717) is 5.01 Å². The van der Waals surface area contributed by atoms with Crippen LogP contribution in [-0.4, -0.2) is 33.9 Å². The fourth-order valence-electron chi connectivity index (χ4n) is 1.45. The number of nitrogens with zero attached hydrogens (tertiary/aromatic N) is 3. The molecule has 1 aliphatic rings. The lowest BCUT2D eigenvalue weighted by molar-refractivity contribution is -0.148. The quantitative estimate of drug-likeness (QED) is 0.843. The minimum absolute atomic E-state index is 0.0318. The van der Waals surface area contributed by atoms with Gasteiger partial charge in [0.15, 0.2) is 0 Å². The molecule has 1 heterocycles. The summed E-state index contributed by atoms with van der Waals surface area (Å²) >= 11 is 6.70. The number of hydrogen-bond donors (Lipinski definition) is 0. The molecule has 0 radical (unpaired) electrons. The predicted octanol–water partition coefficient (Wildman–Crippen LogP) is 2.72. The smallest absolute Gasteiger partial charge is 0.285 e. The molecule has 0 unspecified atom stereocenters. The first-order valence-corrected chi connectivity index (χ1v) is 5.92. The van der Waals surface area contributed by atoms with Crippen molar-refractivity contribution in [1.82, 2.24) is 15.1 Å². The van der Waals surface area contributed by atoms with Gasteiger partial charge in [-0.15, -0.1) is 10.2 Å². The topological polar surface area (TPSA) is 29.0 Å². The monoisotopic (exact) mass is 271 g/mol. The van der Waals surface area contributed by atoms with E-state index in [0.717, 1.165) is 24.2 Å². The first-order chi connectivity index (χ1) is 7.44. The summed E-state index contributed by atoms with van der Waals surface area (Å²) in [4.78, 5) is 1.39. The van der Waals surface area contributed by atoms with Gasteiger partial charge in [-0.05, 0) is 24.4 Å². The van der Waals surface area contributed by atoms with Crippen LogP contribution in [0.3, 0.4) is 0 Å². The first-order valence-electron chi connectivity index (χ1n) is 4.73. The van der Waals surface area contributed by atoms with Gasteiger partial charge in [0, 0.05) is 6.04 Å². The van der Waals surface area contributed by atoms with E-state index >= 15 is 0 Å². The average Bonchev–Trinajstić information content (AvgIpc) is 2.89. The lowest BCUT2D eigenvalue weighted by Crippen LogP contribution is -2.35. The van der Waals surface area contributed by atoms with Crippen LogP contribution in [0.15, 0.2) is 0 Å². The summed E-state index contributed by atoms with van der Waals surface area (Å²) in [7, 11) is 0. The van der Waals surface area contributed by atoms with Gasteiger partial charge < -0.3 is 0 Å². The van der Waals surface area contributed by atoms with Crippen molar-refractivity contribution < 1.29 is 13.2 Å². The van der Waals surface area contributed by atoms with Crippen LogP contribution in [-0.2, 0) is 6.54 Å². The second-order valence-electron chi connectivity index (χ2n) is 3.70. The number of aromatic nitrogens is 2. The molecule has 0 bridgehead atoms. The normalized spacial score (nSPS) is 17.1. The number of alkyl halides is 3. The summed E-state index contributed by atoms with van der Waals surface area (Å²) < 4.78 is 37.2. The standard InChI is InChI=1S/C8H9ClF3N3S/c9-7-14-13-6(16-7)3-15(5-1-2-5)4-8(10,11)12/h5H,1-4H2. The summed E-state index contributed by atoms with van der Waals surface area (Å²) in [5, 5.41) is 7.82. The Hall–Kier alpha value is -0.400. The third-order valence-electron chi connectivity index (χ3n) is 2.23. The summed E-state index contributed by atoms with van der Waals surface area (Å²) in [6, 6.07) is 0.0318. The molecule has 0 amide bonds. The van der Waals surface area contributed by atoms with Crippen LogP contribution in [0, 0.1) is 0 Å². The van der Waals surface area contributed by atoms with E-state index in [1.807, 2.05) is 0 Å². The zero-order chi connectivity index (χ0) is 11.8. The minimum atomic E-state index is -4.17. The van der Waals surface area contributed by atoms with E-state index in [-0.39, 0.29) is 17.1 Å². The van der Waals surface area contributed by atoms with E-state index in [2.05, 4.69) is 10.2 Å². The van der Waals surface area contributed by atoms with E-state index in [1.165, 1.54) is 4.90 Å². The molecule has 2 rings (SSSR count). The minimum Gasteiger partial charge on any atom is -0.285 e. The SMILES string of the molecule is FC(F)(F)CN(Cc1nnc(Cl)s1)C1CC1. The Morgan fingerprint density at radius 1 is 1.38 bits per heavy atom. The molecule has 0 saturated heterocycles. The van der Waals surface area contributed by atoms with Crippen LogP contribution in [0.25, 0.3) is 0 Å². The average molecular weight is 272 g/mol. The van der Waals surface area contributed by atoms with Gasteiger partial charge in [0.05, 0.1) is 13.1 Å². The van der Waals surface area contributed by atoms with Crippen molar-refractivity contribution in [2.75, 3.05) is 6.54 Å². The highest BCUT2D eigenvalue weighted by Gasteiger charge is 2.38. The van der Waals surface area contributed by atoms with Gasteiger partial charge in [-0.2, -0.15) is 13.2 Å². The van der Waals surface area contributed by atoms with E-state index in [9.17, 15) is 13.2 Å². The predicted molar refractivity (Wildman–Crippen MR) is 54.4 cm³/mol. The fraction of sp³-hybridized carbons (Fsp3) is 0.750. The molecule has 0 aromatic carbocycles. The van der Waals surface area contributed by atoms with Gasteiger partial charge in [0.25, 0.3) is 0 Å². The van der Waals surface area contributed by atoms with Crippen LogP contribution in [0.4, 0.5) is 13.2 Å². The second-order valence-corrected chi connectivity index (χ2v) is 5.34. The Kier molecular flexibility index (Phi) is 3.37. The Balaban J connectivity index is 1.97.